The molecule has 0 bridgehead atoms. The van der Waals surface area contributed by atoms with Crippen LogP contribution in [0.25, 0.3) is 5.69 Å². The number of thioether (sulfide) groups is 1. The molecule has 6 nitrogen and oxygen atoms in total. The highest BCUT2D eigenvalue weighted by atomic mass is 32.2. The second-order valence-electron chi connectivity index (χ2n) is 4.98. The van der Waals surface area contributed by atoms with E-state index < -0.39 is 0 Å². The Bertz CT molecular complexity index is 621. The van der Waals surface area contributed by atoms with Gasteiger partial charge in [-0.15, -0.1) is 5.10 Å². The summed E-state index contributed by atoms with van der Waals surface area (Å²) in [5, 5.41) is 12.2. The fraction of sp³-hybridized carbons (Fsp3) is 0.467. The maximum absolute atomic E-state index is 12.4. The molecule has 0 aliphatic rings. The maximum Gasteiger partial charge on any atom is 0.235 e. The molecule has 1 atom stereocenters. The smallest absolute Gasteiger partial charge is 0.235 e. The second-order valence-corrected chi connectivity index (χ2v) is 6.29. The van der Waals surface area contributed by atoms with E-state index in [9.17, 15) is 4.79 Å². The molecule has 0 radical (unpaired) electrons. The standard InChI is InChI=1S/C15H21N5OS/c1-5-19(6-2)14(21)12(4)22-15-16-17-18-20(15)13-9-7-11(3)8-10-13/h7-10,12H,5-6H2,1-4H3. The van der Waals surface area contributed by atoms with Crippen molar-refractivity contribution in [2.75, 3.05) is 13.1 Å². The molecule has 1 aromatic carbocycles. The number of aromatic nitrogens is 4. The molecule has 0 saturated carbocycles. The molecule has 118 valence electrons. The summed E-state index contributed by atoms with van der Waals surface area (Å²) in [4.78, 5) is 14.2. The summed E-state index contributed by atoms with van der Waals surface area (Å²) in [6.45, 7) is 9.31. The van der Waals surface area contributed by atoms with Gasteiger partial charge in [-0.3, -0.25) is 4.79 Å². The van der Waals surface area contributed by atoms with Crippen LogP contribution in [0.2, 0.25) is 0 Å². The highest BCUT2D eigenvalue weighted by molar-refractivity contribution is 8.00. The van der Waals surface area contributed by atoms with Gasteiger partial charge in [-0.2, -0.15) is 4.68 Å². The van der Waals surface area contributed by atoms with Gasteiger partial charge in [0, 0.05) is 13.1 Å². The Balaban J connectivity index is 2.16. The Morgan fingerprint density at radius 3 is 2.50 bits per heavy atom. The van der Waals surface area contributed by atoms with E-state index in [0.29, 0.717) is 18.2 Å². The molecule has 0 aliphatic carbocycles. The molecule has 1 unspecified atom stereocenters. The molecule has 0 saturated heterocycles. The quantitative estimate of drug-likeness (QED) is 0.765. The average Bonchev–Trinajstić information content (AvgIpc) is 2.97. The van der Waals surface area contributed by atoms with Gasteiger partial charge in [0.15, 0.2) is 0 Å². The molecule has 1 heterocycles. The number of carbonyl (C=O) groups excluding carboxylic acids is 1. The largest absolute Gasteiger partial charge is 0.342 e. The molecule has 0 spiro atoms. The van der Waals surface area contributed by atoms with Gasteiger partial charge in [0.2, 0.25) is 11.1 Å². The first-order valence-electron chi connectivity index (χ1n) is 7.37. The van der Waals surface area contributed by atoms with E-state index in [2.05, 4.69) is 15.5 Å². The summed E-state index contributed by atoms with van der Waals surface area (Å²) in [6.07, 6.45) is 0. The number of hydrogen-bond donors (Lipinski definition) is 0. The summed E-state index contributed by atoms with van der Waals surface area (Å²) < 4.78 is 1.66. The minimum atomic E-state index is -0.227. The van der Waals surface area contributed by atoms with E-state index in [0.717, 1.165) is 5.69 Å². The Morgan fingerprint density at radius 1 is 1.27 bits per heavy atom. The monoisotopic (exact) mass is 319 g/mol. The molecular weight excluding hydrogens is 298 g/mol. The lowest BCUT2D eigenvalue weighted by Crippen LogP contribution is -2.36. The van der Waals surface area contributed by atoms with Crippen molar-refractivity contribution in [1.82, 2.24) is 25.1 Å². The van der Waals surface area contributed by atoms with Crippen LogP contribution in [0.15, 0.2) is 29.4 Å². The lowest BCUT2D eigenvalue weighted by Gasteiger charge is -2.22. The minimum absolute atomic E-state index is 0.105. The second kappa shape index (κ2) is 7.40. The Morgan fingerprint density at radius 2 is 1.91 bits per heavy atom. The van der Waals surface area contributed by atoms with Gasteiger partial charge in [0.05, 0.1) is 10.9 Å². The van der Waals surface area contributed by atoms with Crippen LogP contribution in [0.1, 0.15) is 26.3 Å². The highest BCUT2D eigenvalue weighted by Gasteiger charge is 2.22. The first kappa shape index (κ1) is 16.5. The predicted molar refractivity (Wildman–Crippen MR) is 87.1 cm³/mol. The SMILES string of the molecule is CCN(CC)C(=O)C(C)Sc1nnnn1-c1ccc(C)cc1. The third-order valence-electron chi connectivity index (χ3n) is 3.42. The van der Waals surface area contributed by atoms with Crippen molar-refractivity contribution in [2.24, 2.45) is 0 Å². The first-order chi connectivity index (χ1) is 10.6. The topological polar surface area (TPSA) is 63.9 Å². The number of rotatable bonds is 6. The molecule has 2 aromatic rings. The van der Waals surface area contributed by atoms with Gasteiger partial charge in [-0.25, -0.2) is 0 Å². The molecule has 2 rings (SSSR count). The van der Waals surface area contributed by atoms with E-state index in [-0.39, 0.29) is 11.2 Å². The van der Waals surface area contributed by atoms with Gasteiger partial charge < -0.3 is 4.90 Å². The zero-order valence-corrected chi connectivity index (χ0v) is 14.2. The predicted octanol–water partition coefficient (Wildman–Crippen LogP) is 2.32. The molecule has 0 aliphatic heterocycles. The van der Waals surface area contributed by atoms with Crippen LogP contribution >= 0.6 is 11.8 Å². The number of aryl methyl sites for hydroxylation is 1. The molecule has 22 heavy (non-hydrogen) atoms. The summed E-state index contributed by atoms with van der Waals surface area (Å²) >= 11 is 1.38. The molecule has 1 aromatic heterocycles. The van der Waals surface area contributed by atoms with E-state index in [1.54, 1.807) is 4.68 Å². The summed E-state index contributed by atoms with van der Waals surface area (Å²) in [5.74, 6) is 0.105. The van der Waals surface area contributed by atoms with Crippen molar-refractivity contribution >= 4 is 17.7 Å². The zero-order valence-electron chi connectivity index (χ0n) is 13.4. The van der Waals surface area contributed by atoms with Crippen LogP contribution in [0.5, 0.6) is 0 Å². The van der Waals surface area contributed by atoms with Crippen LogP contribution in [0, 0.1) is 6.92 Å². The number of hydrogen-bond acceptors (Lipinski definition) is 5. The van der Waals surface area contributed by atoms with Gasteiger partial charge in [-0.1, -0.05) is 29.5 Å². The first-order valence-corrected chi connectivity index (χ1v) is 8.25. The summed E-state index contributed by atoms with van der Waals surface area (Å²) in [7, 11) is 0. The van der Waals surface area contributed by atoms with Crippen LogP contribution < -0.4 is 0 Å². The fourth-order valence-electron chi connectivity index (χ4n) is 2.10. The van der Waals surface area contributed by atoms with Crippen LogP contribution in [0.4, 0.5) is 0 Å². The maximum atomic E-state index is 12.4. The lowest BCUT2D eigenvalue weighted by atomic mass is 10.2. The zero-order chi connectivity index (χ0) is 16.1. The molecule has 1 amide bonds. The van der Waals surface area contributed by atoms with Crippen molar-refractivity contribution in [2.45, 2.75) is 38.1 Å². The summed E-state index contributed by atoms with van der Waals surface area (Å²) in [6, 6.07) is 7.95. The third kappa shape index (κ3) is 3.65. The van der Waals surface area contributed by atoms with Crippen LogP contribution in [0.3, 0.4) is 0 Å². The fourth-order valence-corrected chi connectivity index (χ4v) is 2.99. The Hall–Kier alpha value is -1.89. The number of nitrogens with zero attached hydrogens (tertiary/aromatic N) is 5. The van der Waals surface area contributed by atoms with Crippen molar-refractivity contribution in [3.8, 4) is 5.69 Å². The van der Waals surface area contributed by atoms with Crippen LogP contribution in [-0.2, 0) is 4.79 Å². The van der Waals surface area contributed by atoms with Crippen molar-refractivity contribution in [3.63, 3.8) is 0 Å². The number of tetrazole rings is 1. The van der Waals surface area contributed by atoms with Crippen molar-refractivity contribution in [1.29, 1.82) is 0 Å². The average molecular weight is 319 g/mol. The van der Waals surface area contributed by atoms with E-state index in [1.807, 2.05) is 56.9 Å². The minimum Gasteiger partial charge on any atom is -0.342 e. The number of amides is 1. The van der Waals surface area contributed by atoms with Gasteiger partial charge in [0.1, 0.15) is 0 Å². The Labute approximate surface area is 134 Å². The van der Waals surface area contributed by atoms with E-state index in [1.165, 1.54) is 17.3 Å². The molecule has 0 N–H and O–H groups in total. The van der Waals surface area contributed by atoms with Gasteiger partial charge in [0.25, 0.3) is 0 Å². The molecular formula is C15H21N5OS. The molecule has 0 fully saturated rings. The summed E-state index contributed by atoms with van der Waals surface area (Å²) in [5.41, 5.74) is 2.07. The van der Waals surface area contributed by atoms with Gasteiger partial charge in [-0.05, 0) is 50.3 Å². The number of carbonyl (C=O) groups is 1. The van der Waals surface area contributed by atoms with Gasteiger partial charge >= 0.3 is 0 Å². The third-order valence-corrected chi connectivity index (χ3v) is 4.45. The molecule has 7 heteroatoms. The van der Waals surface area contributed by atoms with Crippen molar-refractivity contribution in [3.05, 3.63) is 29.8 Å². The Kier molecular flexibility index (Phi) is 5.54. The highest BCUT2D eigenvalue weighted by Crippen LogP contribution is 2.24. The number of benzene rings is 1. The van der Waals surface area contributed by atoms with Crippen LogP contribution in [-0.4, -0.2) is 49.4 Å². The lowest BCUT2D eigenvalue weighted by molar-refractivity contribution is -0.129. The van der Waals surface area contributed by atoms with Crippen molar-refractivity contribution < 1.29 is 4.79 Å². The van der Waals surface area contributed by atoms with E-state index in [4.69, 9.17) is 0 Å². The van der Waals surface area contributed by atoms with E-state index >= 15 is 0 Å². The normalized spacial score (nSPS) is 12.2.